The third-order valence-electron chi connectivity index (χ3n) is 4.31. The maximum absolute atomic E-state index is 2.38. The highest BCUT2D eigenvalue weighted by molar-refractivity contribution is 5.68. The van der Waals surface area contributed by atoms with Crippen molar-refractivity contribution in [2.45, 2.75) is 60.3 Å². The van der Waals surface area contributed by atoms with Crippen molar-refractivity contribution in [3.63, 3.8) is 0 Å². The molecule has 2 aromatic rings. The molecule has 0 aliphatic heterocycles. The average molecular weight is 294 g/mol. The Kier molecular flexibility index (Phi) is 4.52. The lowest BCUT2D eigenvalue weighted by atomic mass is 9.72. The van der Waals surface area contributed by atoms with Crippen LogP contribution in [0.1, 0.15) is 57.7 Å². The van der Waals surface area contributed by atoms with E-state index in [9.17, 15) is 0 Å². The molecule has 0 aliphatic carbocycles. The van der Waals surface area contributed by atoms with Crippen molar-refractivity contribution >= 4 is 0 Å². The summed E-state index contributed by atoms with van der Waals surface area (Å²) in [5.74, 6) is 0. The van der Waals surface area contributed by atoms with Gasteiger partial charge in [-0.3, -0.25) is 0 Å². The Morgan fingerprint density at radius 2 is 1.50 bits per heavy atom. The molecule has 0 aromatic heterocycles. The molecule has 0 heterocycles. The summed E-state index contributed by atoms with van der Waals surface area (Å²) in [5.41, 5.74) is 7.30. The van der Waals surface area contributed by atoms with Gasteiger partial charge in [0.05, 0.1) is 0 Å². The van der Waals surface area contributed by atoms with Crippen LogP contribution in [0.15, 0.2) is 42.5 Å². The molecule has 0 amide bonds. The lowest BCUT2D eigenvalue weighted by Gasteiger charge is -2.33. The summed E-state index contributed by atoms with van der Waals surface area (Å²) in [6.07, 6.45) is 1.18. The largest absolute Gasteiger partial charge is 0.0614 e. The van der Waals surface area contributed by atoms with Crippen molar-refractivity contribution in [3.8, 4) is 11.1 Å². The van der Waals surface area contributed by atoms with Crippen LogP contribution < -0.4 is 0 Å². The fraction of sp³-hybridized carbons (Fsp3) is 0.455. The topological polar surface area (TPSA) is 0 Å². The van der Waals surface area contributed by atoms with E-state index in [-0.39, 0.29) is 5.41 Å². The SMILES string of the molecule is Cc1ccc(-c2cccc(C(C)(C)CC(C)(C)C)c2)c(C)c1. The lowest BCUT2D eigenvalue weighted by molar-refractivity contribution is 0.284. The molecule has 118 valence electrons. The normalized spacial score (nSPS) is 12.5. The van der Waals surface area contributed by atoms with Crippen LogP contribution >= 0.6 is 0 Å². The number of hydrogen-bond acceptors (Lipinski definition) is 0. The zero-order chi connectivity index (χ0) is 16.5. The first-order valence-corrected chi connectivity index (χ1v) is 8.27. The highest BCUT2D eigenvalue weighted by atomic mass is 14.3. The zero-order valence-corrected chi connectivity index (χ0v) is 15.2. The maximum atomic E-state index is 2.38. The molecule has 2 aromatic carbocycles. The third kappa shape index (κ3) is 4.00. The number of aryl methyl sites for hydroxylation is 2. The molecule has 0 heteroatoms. The molecule has 0 fully saturated rings. The lowest BCUT2D eigenvalue weighted by Crippen LogP contribution is -2.24. The highest BCUT2D eigenvalue weighted by Crippen LogP contribution is 2.37. The van der Waals surface area contributed by atoms with E-state index >= 15 is 0 Å². The van der Waals surface area contributed by atoms with Gasteiger partial charge in [-0.15, -0.1) is 0 Å². The molecule has 22 heavy (non-hydrogen) atoms. The van der Waals surface area contributed by atoms with Crippen LogP contribution in [0.2, 0.25) is 0 Å². The fourth-order valence-electron chi connectivity index (χ4n) is 3.67. The zero-order valence-electron chi connectivity index (χ0n) is 15.2. The molecule has 0 atom stereocenters. The Labute approximate surface area is 136 Å². The maximum Gasteiger partial charge on any atom is -0.00984 e. The quantitative estimate of drug-likeness (QED) is 0.592. The Balaban J connectivity index is 2.42. The second-order valence-corrected chi connectivity index (χ2v) is 8.52. The summed E-state index contributed by atoms with van der Waals surface area (Å²) in [4.78, 5) is 0. The highest BCUT2D eigenvalue weighted by Gasteiger charge is 2.27. The van der Waals surface area contributed by atoms with Gasteiger partial charge in [0.2, 0.25) is 0 Å². The molecule has 0 bridgehead atoms. The van der Waals surface area contributed by atoms with Crippen molar-refractivity contribution in [2.75, 3.05) is 0 Å². The van der Waals surface area contributed by atoms with Crippen LogP contribution in [0.25, 0.3) is 11.1 Å². The van der Waals surface area contributed by atoms with Crippen LogP contribution in [0, 0.1) is 19.3 Å². The molecular formula is C22H30. The number of benzene rings is 2. The van der Waals surface area contributed by atoms with Gasteiger partial charge in [-0.05, 0) is 53.4 Å². The van der Waals surface area contributed by atoms with E-state index in [1.807, 2.05) is 0 Å². The standard InChI is InChI=1S/C22H30/c1-16-11-12-20(17(2)13-16)18-9-8-10-19(14-18)22(6,7)15-21(3,4)5/h8-14H,15H2,1-7H3. The molecule has 0 saturated heterocycles. The predicted octanol–water partition coefficient (Wildman–Crippen LogP) is 6.68. The molecule has 0 radical (unpaired) electrons. The van der Waals surface area contributed by atoms with E-state index < -0.39 is 0 Å². The van der Waals surface area contributed by atoms with E-state index in [0.29, 0.717) is 5.41 Å². The third-order valence-corrected chi connectivity index (χ3v) is 4.31. The first-order valence-electron chi connectivity index (χ1n) is 8.27. The number of hydrogen-bond donors (Lipinski definition) is 0. The van der Waals surface area contributed by atoms with Gasteiger partial charge < -0.3 is 0 Å². The van der Waals surface area contributed by atoms with Gasteiger partial charge in [-0.2, -0.15) is 0 Å². The molecule has 0 nitrogen and oxygen atoms in total. The smallest absolute Gasteiger partial charge is 0.00984 e. The van der Waals surface area contributed by atoms with Gasteiger partial charge in [0, 0.05) is 0 Å². The Morgan fingerprint density at radius 3 is 2.09 bits per heavy atom. The van der Waals surface area contributed by atoms with Crippen molar-refractivity contribution in [3.05, 3.63) is 59.2 Å². The summed E-state index contributed by atoms with van der Waals surface area (Å²) in [6, 6.07) is 15.8. The van der Waals surface area contributed by atoms with Crippen LogP contribution in [-0.4, -0.2) is 0 Å². The van der Waals surface area contributed by atoms with Crippen molar-refractivity contribution < 1.29 is 0 Å². The van der Waals surface area contributed by atoms with E-state index in [2.05, 4.69) is 90.9 Å². The Bertz CT molecular complexity index is 654. The molecule has 0 saturated carbocycles. The van der Waals surface area contributed by atoms with Gasteiger partial charge >= 0.3 is 0 Å². The van der Waals surface area contributed by atoms with Gasteiger partial charge in [0.1, 0.15) is 0 Å². The molecular weight excluding hydrogens is 264 g/mol. The van der Waals surface area contributed by atoms with Crippen molar-refractivity contribution in [2.24, 2.45) is 5.41 Å². The van der Waals surface area contributed by atoms with Crippen LogP contribution in [-0.2, 0) is 5.41 Å². The minimum Gasteiger partial charge on any atom is -0.0614 e. The first-order chi connectivity index (χ1) is 10.1. The Morgan fingerprint density at radius 1 is 0.818 bits per heavy atom. The second kappa shape index (κ2) is 5.91. The van der Waals surface area contributed by atoms with Gasteiger partial charge in [0.25, 0.3) is 0 Å². The monoisotopic (exact) mass is 294 g/mol. The molecule has 0 aliphatic rings. The van der Waals surface area contributed by atoms with Crippen molar-refractivity contribution in [1.29, 1.82) is 0 Å². The van der Waals surface area contributed by atoms with Gasteiger partial charge in [0.15, 0.2) is 0 Å². The molecule has 0 spiro atoms. The Hall–Kier alpha value is -1.56. The average Bonchev–Trinajstić information content (AvgIpc) is 2.36. The number of rotatable bonds is 3. The predicted molar refractivity (Wildman–Crippen MR) is 98.5 cm³/mol. The summed E-state index contributed by atoms with van der Waals surface area (Å²) < 4.78 is 0. The van der Waals surface area contributed by atoms with Crippen LogP contribution in [0.4, 0.5) is 0 Å². The van der Waals surface area contributed by atoms with Crippen molar-refractivity contribution in [1.82, 2.24) is 0 Å². The summed E-state index contributed by atoms with van der Waals surface area (Å²) in [6.45, 7) is 16.0. The first kappa shape index (κ1) is 16.8. The summed E-state index contributed by atoms with van der Waals surface area (Å²) in [5, 5.41) is 0. The molecule has 0 unspecified atom stereocenters. The van der Waals surface area contributed by atoms with E-state index in [1.165, 1.54) is 34.2 Å². The molecule has 2 rings (SSSR count). The van der Waals surface area contributed by atoms with Gasteiger partial charge in [-0.25, -0.2) is 0 Å². The summed E-state index contributed by atoms with van der Waals surface area (Å²) >= 11 is 0. The van der Waals surface area contributed by atoms with Crippen LogP contribution in [0.5, 0.6) is 0 Å². The van der Waals surface area contributed by atoms with Gasteiger partial charge in [-0.1, -0.05) is 82.6 Å². The molecule has 0 N–H and O–H groups in total. The van der Waals surface area contributed by atoms with E-state index in [0.717, 1.165) is 0 Å². The summed E-state index contributed by atoms with van der Waals surface area (Å²) in [7, 11) is 0. The minimum absolute atomic E-state index is 0.187. The van der Waals surface area contributed by atoms with E-state index in [4.69, 9.17) is 0 Å². The van der Waals surface area contributed by atoms with Crippen LogP contribution in [0.3, 0.4) is 0 Å². The van der Waals surface area contributed by atoms with E-state index in [1.54, 1.807) is 0 Å². The minimum atomic E-state index is 0.187. The fourth-order valence-corrected chi connectivity index (χ4v) is 3.67. The second-order valence-electron chi connectivity index (χ2n) is 8.52.